The van der Waals surface area contributed by atoms with Gasteiger partial charge in [0.2, 0.25) is 0 Å². The molecule has 11 heavy (non-hydrogen) atoms. The molecule has 1 atom stereocenters. The van der Waals surface area contributed by atoms with E-state index in [1.54, 1.807) is 11.8 Å². The monoisotopic (exact) mass is 175 g/mol. The number of nitrogens with zero attached hydrogens (tertiary/aromatic N) is 1. The highest BCUT2D eigenvalue weighted by Crippen LogP contribution is 2.19. The maximum atomic E-state index is 8.66. The van der Waals surface area contributed by atoms with E-state index in [0.717, 1.165) is 12.2 Å². The van der Waals surface area contributed by atoms with Crippen LogP contribution in [0.3, 0.4) is 0 Å². The zero-order valence-corrected chi connectivity index (χ0v) is 8.32. The number of aliphatic imine (C=N–C) groups is 1. The van der Waals surface area contributed by atoms with E-state index in [2.05, 4.69) is 11.9 Å². The fourth-order valence-electron chi connectivity index (χ4n) is 0.757. The number of aliphatic hydroxyl groups excluding tert-OH is 1. The molecule has 0 aromatic heterocycles. The van der Waals surface area contributed by atoms with Gasteiger partial charge in [0.1, 0.15) is 0 Å². The van der Waals surface area contributed by atoms with Crippen LogP contribution < -0.4 is 0 Å². The van der Waals surface area contributed by atoms with E-state index in [-0.39, 0.29) is 12.6 Å². The van der Waals surface area contributed by atoms with Gasteiger partial charge in [0.25, 0.3) is 0 Å². The van der Waals surface area contributed by atoms with E-state index < -0.39 is 0 Å². The molecule has 1 aliphatic rings. The van der Waals surface area contributed by atoms with Gasteiger partial charge in [-0.25, -0.2) is 0 Å². The second kappa shape index (κ2) is 6.68. The van der Waals surface area contributed by atoms with Gasteiger partial charge in [-0.3, -0.25) is 4.99 Å². The molecule has 1 N–H and O–H groups in total. The lowest BCUT2D eigenvalue weighted by Gasteiger charge is -1.95. The molecule has 0 radical (unpaired) electrons. The first kappa shape index (κ1) is 11.0. The third-order valence-corrected chi connectivity index (χ3v) is 2.56. The SMILES string of the molecule is CC.CCC1=NC(CO)CS1. The van der Waals surface area contributed by atoms with Crippen molar-refractivity contribution in [2.24, 2.45) is 4.99 Å². The quantitative estimate of drug-likeness (QED) is 0.695. The van der Waals surface area contributed by atoms with Crippen LogP contribution in [0.4, 0.5) is 0 Å². The van der Waals surface area contributed by atoms with Crippen molar-refractivity contribution < 1.29 is 5.11 Å². The topological polar surface area (TPSA) is 32.6 Å². The molecule has 0 aromatic carbocycles. The molecule has 0 spiro atoms. The van der Waals surface area contributed by atoms with E-state index in [4.69, 9.17) is 5.11 Å². The molecule has 66 valence electrons. The van der Waals surface area contributed by atoms with Crippen LogP contribution >= 0.6 is 11.8 Å². The number of aliphatic hydroxyl groups is 1. The maximum Gasteiger partial charge on any atom is 0.0833 e. The van der Waals surface area contributed by atoms with Crippen LogP contribution in [0.2, 0.25) is 0 Å². The highest BCUT2D eigenvalue weighted by Gasteiger charge is 2.14. The van der Waals surface area contributed by atoms with Gasteiger partial charge in [-0.2, -0.15) is 0 Å². The average molecular weight is 175 g/mol. The zero-order valence-electron chi connectivity index (χ0n) is 7.50. The number of hydrogen-bond acceptors (Lipinski definition) is 3. The molecule has 0 amide bonds. The van der Waals surface area contributed by atoms with E-state index in [0.29, 0.717) is 0 Å². The lowest BCUT2D eigenvalue weighted by atomic mass is 10.4. The van der Waals surface area contributed by atoms with Crippen LogP contribution in [0.25, 0.3) is 0 Å². The smallest absolute Gasteiger partial charge is 0.0833 e. The normalized spacial score (nSPS) is 22.2. The summed E-state index contributed by atoms with van der Waals surface area (Å²) in [6, 6.07) is 0.185. The van der Waals surface area contributed by atoms with Crippen molar-refractivity contribution in [2.45, 2.75) is 33.2 Å². The fraction of sp³-hybridized carbons (Fsp3) is 0.875. The molecular formula is C8H17NOS. The summed E-state index contributed by atoms with van der Waals surface area (Å²) in [4.78, 5) is 4.25. The van der Waals surface area contributed by atoms with Crippen LogP contribution in [-0.2, 0) is 0 Å². The Kier molecular flexibility index (Phi) is 6.66. The summed E-state index contributed by atoms with van der Waals surface area (Å²) in [6.45, 7) is 6.29. The summed E-state index contributed by atoms with van der Waals surface area (Å²) in [5.74, 6) is 0.972. The van der Waals surface area contributed by atoms with Crippen LogP contribution in [0.5, 0.6) is 0 Å². The molecule has 1 heterocycles. The largest absolute Gasteiger partial charge is 0.394 e. The van der Waals surface area contributed by atoms with Crippen LogP contribution in [-0.4, -0.2) is 28.6 Å². The minimum Gasteiger partial charge on any atom is -0.394 e. The molecule has 0 aromatic rings. The van der Waals surface area contributed by atoms with Gasteiger partial charge in [0.05, 0.1) is 17.7 Å². The van der Waals surface area contributed by atoms with Crippen molar-refractivity contribution in [3.8, 4) is 0 Å². The summed E-state index contributed by atoms with van der Waals surface area (Å²) in [5.41, 5.74) is 0. The number of rotatable bonds is 2. The third kappa shape index (κ3) is 3.77. The number of thioether (sulfide) groups is 1. The van der Waals surface area contributed by atoms with E-state index in [1.165, 1.54) is 5.04 Å². The van der Waals surface area contributed by atoms with Crippen molar-refractivity contribution in [1.82, 2.24) is 0 Å². The van der Waals surface area contributed by atoms with Crippen molar-refractivity contribution in [1.29, 1.82) is 0 Å². The fourth-order valence-corrected chi connectivity index (χ4v) is 1.75. The Bertz CT molecular complexity index is 125. The first-order chi connectivity index (χ1) is 5.36. The summed E-state index contributed by atoms with van der Waals surface area (Å²) in [6.07, 6.45) is 1.02. The van der Waals surface area contributed by atoms with Crippen molar-refractivity contribution in [3.63, 3.8) is 0 Å². The van der Waals surface area contributed by atoms with Crippen LogP contribution in [0.15, 0.2) is 4.99 Å². The van der Waals surface area contributed by atoms with E-state index in [1.807, 2.05) is 13.8 Å². The highest BCUT2D eigenvalue weighted by molar-refractivity contribution is 8.14. The Morgan fingerprint density at radius 3 is 2.55 bits per heavy atom. The van der Waals surface area contributed by atoms with Crippen molar-refractivity contribution in [2.75, 3.05) is 12.4 Å². The molecule has 0 saturated heterocycles. The first-order valence-corrected chi connectivity index (χ1v) is 5.15. The maximum absolute atomic E-state index is 8.66. The molecule has 0 bridgehead atoms. The Labute approximate surface area is 73.1 Å². The Morgan fingerprint density at radius 2 is 2.27 bits per heavy atom. The zero-order chi connectivity index (χ0) is 8.69. The molecule has 0 aliphatic carbocycles. The molecule has 1 unspecified atom stereocenters. The molecule has 1 aliphatic heterocycles. The average Bonchev–Trinajstić information content (AvgIpc) is 2.55. The molecule has 2 nitrogen and oxygen atoms in total. The van der Waals surface area contributed by atoms with Gasteiger partial charge in [0.15, 0.2) is 0 Å². The molecule has 3 heteroatoms. The summed E-state index contributed by atoms with van der Waals surface area (Å²) >= 11 is 1.77. The number of hydrogen-bond donors (Lipinski definition) is 1. The van der Waals surface area contributed by atoms with E-state index >= 15 is 0 Å². The van der Waals surface area contributed by atoms with Crippen LogP contribution in [0, 0.1) is 0 Å². The predicted molar refractivity (Wildman–Crippen MR) is 52.4 cm³/mol. The van der Waals surface area contributed by atoms with E-state index in [9.17, 15) is 0 Å². The minimum absolute atomic E-state index is 0.185. The first-order valence-electron chi connectivity index (χ1n) is 4.17. The van der Waals surface area contributed by atoms with Gasteiger partial charge >= 0.3 is 0 Å². The predicted octanol–water partition coefficient (Wildman–Crippen LogP) is 1.93. The van der Waals surface area contributed by atoms with Gasteiger partial charge < -0.3 is 5.11 Å². The lowest BCUT2D eigenvalue weighted by Crippen LogP contribution is -2.08. The van der Waals surface area contributed by atoms with Crippen LogP contribution in [0.1, 0.15) is 27.2 Å². The standard InChI is InChI=1S/C6H11NOS.C2H6/c1-2-6-7-5(3-8)4-9-6;1-2/h5,8H,2-4H2,1H3;1-2H3. The van der Waals surface area contributed by atoms with Crippen molar-refractivity contribution >= 4 is 16.8 Å². The minimum atomic E-state index is 0.185. The highest BCUT2D eigenvalue weighted by atomic mass is 32.2. The van der Waals surface area contributed by atoms with Gasteiger partial charge in [-0.15, -0.1) is 11.8 Å². The summed E-state index contributed by atoms with van der Waals surface area (Å²) in [5, 5.41) is 9.85. The molecule has 0 saturated carbocycles. The Morgan fingerprint density at radius 1 is 1.64 bits per heavy atom. The molecular weight excluding hydrogens is 158 g/mol. The van der Waals surface area contributed by atoms with Gasteiger partial charge in [0, 0.05) is 5.75 Å². The summed E-state index contributed by atoms with van der Waals surface area (Å²) in [7, 11) is 0. The molecule has 1 rings (SSSR count). The Balaban J connectivity index is 0.000000461. The third-order valence-electron chi connectivity index (χ3n) is 1.28. The summed E-state index contributed by atoms with van der Waals surface area (Å²) < 4.78 is 0. The molecule has 0 fully saturated rings. The second-order valence-electron chi connectivity index (χ2n) is 2.02. The second-order valence-corrected chi connectivity index (χ2v) is 3.12. The van der Waals surface area contributed by atoms with Gasteiger partial charge in [-0.1, -0.05) is 20.8 Å². The van der Waals surface area contributed by atoms with Gasteiger partial charge in [-0.05, 0) is 6.42 Å². The lowest BCUT2D eigenvalue weighted by molar-refractivity contribution is 0.277. The van der Waals surface area contributed by atoms with Crippen molar-refractivity contribution in [3.05, 3.63) is 0 Å². The Hall–Kier alpha value is -0.0200.